The maximum Gasteiger partial charge on any atom is 0.251 e. The van der Waals surface area contributed by atoms with E-state index in [0.717, 1.165) is 22.4 Å². The van der Waals surface area contributed by atoms with Crippen molar-refractivity contribution in [3.8, 4) is 11.1 Å². The van der Waals surface area contributed by atoms with Crippen LogP contribution in [0.15, 0.2) is 36.5 Å². The van der Waals surface area contributed by atoms with E-state index in [4.69, 9.17) is 11.6 Å². The maximum atomic E-state index is 12.9. The number of amides is 1. The fraction of sp³-hybridized carbons (Fsp3) is 0.429. The first-order valence-electron chi connectivity index (χ1n) is 9.08. The Bertz CT molecular complexity index is 784. The van der Waals surface area contributed by atoms with Gasteiger partial charge in [0.05, 0.1) is 0 Å². The molecule has 0 aliphatic heterocycles. The van der Waals surface area contributed by atoms with E-state index in [1.165, 1.54) is 25.7 Å². The lowest BCUT2D eigenvalue weighted by Crippen LogP contribution is -2.38. The van der Waals surface area contributed by atoms with Gasteiger partial charge in [-0.3, -0.25) is 9.78 Å². The molecule has 4 heteroatoms. The highest BCUT2D eigenvalue weighted by atomic mass is 35.5. The number of benzene rings is 1. The van der Waals surface area contributed by atoms with Crippen LogP contribution < -0.4 is 5.32 Å². The number of aryl methyl sites for hydroxylation is 1. The number of nitrogens with zero attached hydrogens (tertiary/aromatic N) is 1. The molecule has 1 heterocycles. The summed E-state index contributed by atoms with van der Waals surface area (Å²) in [6.45, 7) is 1.98. The highest BCUT2D eigenvalue weighted by molar-refractivity contribution is 6.17. The molecule has 25 heavy (non-hydrogen) atoms. The Hall–Kier alpha value is -1.87. The number of halogens is 1. The van der Waals surface area contributed by atoms with Gasteiger partial charge in [-0.2, -0.15) is 0 Å². The average Bonchev–Trinajstić information content (AvgIpc) is 3.52. The summed E-state index contributed by atoms with van der Waals surface area (Å²) < 4.78 is 0. The molecule has 0 atom stereocenters. The van der Waals surface area contributed by atoms with Gasteiger partial charge in [0.2, 0.25) is 0 Å². The van der Waals surface area contributed by atoms with Crippen LogP contribution in [0.1, 0.15) is 47.3 Å². The van der Waals surface area contributed by atoms with Crippen molar-refractivity contribution in [1.82, 2.24) is 10.3 Å². The zero-order valence-electron chi connectivity index (χ0n) is 14.5. The lowest BCUT2D eigenvalue weighted by atomic mass is 9.98. The second-order valence-electron chi connectivity index (χ2n) is 7.36. The molecule has 0 bridgehead atoms. The SMILES string of the molecule is Cc1ncccc1-c1cc(CCl)cc(C(=O)NC(C2CC2)C2CC2)c1. The van der Waals surface area contributed by atoms with E-state index in [2.05, 4.69) is 10.3 Å². The minimum Gasteiger partial charge on any atom is -0.349 e. The first-order valence-corrected chi connectivity index (χ1v) is 9.62. The normalized spacial score (nSPS) is 16.9. The van der Waals surface area contributed by atoms with Gasteiger partial charge in [-0.25, -0.2) is 0 Å². The quantitative estimate of drug-likeness (QED) is 0.763. The number of hydrogen-bond donors (Lipinski definition) is 1. The fourth-order valence-corrected chi connectivity index (χ4v) is 3.77. The van der Waals surface area contributed by atoms with E-state index in [9.17, 15) is 4.79 Å². The molecule has 130 valence electrons. The lowest BCUT2D eigenvalue weighted by Gasteiger charge is -2.18. The average molecular weight is 355 g/mol. The minimum absolute atomic E-state index is 0.0264. The molecule has 2 saturated carbocycles. The predicted octanol–water partition coefficient (Wildman–Crippen LogP) is 4.71. The molecule has 1 aromatic carbocycles. The molecular weight excluding hydrogens is 332 g/mol. The smallest absolute Gasteiger partial charge is 0.251 e. The third-order valence-corrected chi connectivity index (χ3v) is 5.59. The minimum atomic E-state index is 0.0264. The molecule has 4 rings (SSSR count). The lowest BCUT2D eigenvalue weighted by molar-refractivity contribution is 0.0926. The molecule has 0 spiro atoms. The van der Waals surface area contributed by atoms with Gasteiger partial charge < -0.3 is 5.32 Å². The van der Waals surface area contributed by atoms with Crippen molar-refractivity contribution in [3.05, 3.63) is 53.3 Å². The molecule has 2 fully saturated rings. The van der Waals surface area contributed by atoms with Crippen LogP contribution in [-0.2, 0) is 5.88 Å². The van der Waals surface area contributed by atoms with Crippen LogP contribution >= 0.6 is 11.6 Å². The molecule has 0 radical (unpaired) electrons. The monoisotopic (exact) mass is 354 g/mol. The number of pyridine rings is 1. The van der Waals surface area contributed by atoms with E-state index in [1.54, 1.807) is 6.20 Å². The van der Waals surface area contributed by atoms with Crippen molar-refractivity contribution < 1.29 is 4.79 Å². The number of alkyl halides is 1. The second-order valence-corrected chi connectivity index (χ2v) is 7.63. The summed E-state index contributed by atoms with van der Waals surface area (Å²) >= 11 is 6.08. The van der Waals surface area contributed by atoms with Crippen LogP contribution in [-0.4, -0.2) is 16.9 Å². The summed E-state index contributed by atoms with van der Waals surface area (Å²) in [4.78, 5) is 17.2. The van der Waals surface area contributed by atoms with Crippen molar-refractivity contribution in [3.63, 3.8) is 0 Å². The summed E-state index contributed by atoms with van der Waals surface area (Å²) in [5, 5.41) is 3.30. The van der Waals surface area contributed by atoms with Gasteiger partial charge in [0.25, 0.3) is 5.91 Å². The Balaban J connectivity index is 1.63. The molecule has 0 saturated heterocycles. The molecular formula is C21H23ClN2O. The van der Waals surface area contributed by atoms with Gasteiger partial charge in [0.15, 0.2) is 0 Å². The van der Waals surface area contributed by atoms with Gasteiger partial charge in [0, 0.05) is 34.9 Å². The summed E-state index contributed by atoms with van der Waals surface area (Å²) in [5.41, 5.74) is 4.66. The van der Waals surface area contributed by atoms with Crippen LogP contribution in [0, 0.1) is 18.8 Å². The van der Waals surface area contributed by atoms with Gasteiger partial charge in [-0.15, -0.1) is 11.6 Å². The van der Waals surface area contributed by atoms with Gasteiger partial charge in [-0.05, 0) is 79.8 Å². The van der Waals surface area contributed by atoms with E-state index >= 15 is 0 Å². The van der Waals surface area contributed by atoms with Gasteiger partial charge >= 0.3 is 0 Å². The third kappa shape index (κ3) is 3.72. The highest BCUT2D eigenvalue weighted by Crippen LogP contribution is 2.44. The molecule has 2 aromatic rings. The second kappa shape index (κ2) is 6.80. The maximum absolute atomic E-state index is 12.9. The molecule has 3 nitrogen and oxygen atoms in total. The van der Waals surface area contributed by atoms with Crippen molar-refractivity contribution in [2.45, 2.75) is 44.5 Å². The number of rotatable bonds is 6. The van der Waals surface area contributed by atoms with Crippen LogP contribution in [0.3, 0.4) is 0 Å². The largest absolute Gasteiger partial charge is 0.349 e. The molecule has 2 aliphatic carbocycles. The highest BCUT2D eigenvalue weighted by Gasteiger charge is 2.42. The van der Waals surface area contributed by atoms with Crippen molar-refractivity contribution in [1.29, 1.82) is 0 Å². The molecule has 0 unspecified atom stereocenters. The predicted molar refractivity (Wildman–Crippen MR) is 101 cm³/mol. The Kier molecular flexibility index (Phi) is 4.51. The van der Waals surface area contributed by atoms with Gasteiger partial charge in [0.1, 0.15) is 0 Å². The summed E-state index contributed by atoms with van der Waals surface area (Å²) in [6, 6.07) is 10.2. The first-order chi connectivity index (χ1) is 12.2. The summed E-state index contributed by atoms with van der Waals surface area (Å²) in [7, 11) is 0. The topological polar surface area (TPSA) is 42.0 Å². The van der Waals surface area contributed by atoms with Crippen molar-refractivity contribution >= 4 is 17.5 Å². The first kappa shape index (κ1) is 16.6. The Labute approximate surface area is 153 Å². The number of carbonyl (C=O) groups is 1. The molecule has 1 amide bonds. The summed E-state index contributed by atoms with van der Waals surface area (Å²) in [6.07, 6.45) is 6.80. The number of hydrogen-bond acceptors (Lipinski definition) is 2. The third-order valence-electron chi connectivity index (χ3n) is 5.28. The van der Waals surface area contributed by atoms with Crippen molar-refractivity contribution in [2.24, 2.45) is 11.8 Å². The van der Waals surface area contributed by atoms with Crippen LogP contribution in [0.4, 0.5) is 0 Å². The molecule has 1 N–H and O–H groups in total. The zero-order chi connectivity index (χ0) is 17.4. The van der Waals surface area contributed by atoms with E-state index in [-0.39, 0.29) is 5.91 Å². The van der Waals surface area contributed by atoms with Crippen LogP contribution in [0.2, 0.25) is 0 Å². The zero-order valence-corrected chi connectivity index (χ0v) is 15.2. The molecule has 1 aromatic heterocycles. The summed E-state index contributed by atoms with van der Waals surface area (Å²) in [5.74, 6) is 1.79. The molecule has 2 aliphatic rings. The van der Waals surface area contributed by atoms with Crippen LogP contribution in [0.25, 0.3) is 11.1 Å². The van der Waals surface area contributed by atoms with Gasteiger partial charge in [-0.1, -0.05) is 6.07 Å². The standard InChI is InChI=1S/C21H23ClN2O/c1-13-19(3-2-8-23-13)17-9-14(12-22)10-18(11-17)21(25)24-20(15-4-5-15)16-6-7-16/h2-3,8-11,15-16,20H,4-7,12H2,1H3,(H,24,25). The van der Waals surface area contributed by atoms with Crippen LogP contribution in [0.5, 0.6) is 0 Å². The Morgan fingerprint density at radius 3 is 2.56 bits per heavy atom. The number of aromatic nitrogens is 1. The Morgan fingerprint density at radius 2 is 1.96 bits per heavy atom. The van der Waals surface area contributed by atoms with E-state index in [0.29, 0.717) is 29.3 Å². The Morgan fingerprint density at radius 1 is 1.24 bits per heavy atom. The van der Waals surface area contributed by atoms with E-state index < -0.39 is 0 Å². The number of nitrogens with one attached hydrogen (secondary N) is 1. The number of carbonyl (C=O) groups excluding carboxylic acids is 1. The fourth-order valence-electron chi connectivity index (χ4n) is 3.61. The van der Waals surface area contributed by atoms with E-state index in [1.807, 2.05) is 37.3 Å². The van der Waals surface area contributed by atoms with Crippen molar-refractivity contribution in [2.75, 3.05) is 0 Å².